The number of pyridine rings is 1. The number of alkyl halides is 1. The number of aromatic nitrogens is 1. The van der Waals surface area contributed by atoms with Crippen LogP contribution < -0.4 is 0 Å². The summed E-state index contributed by atoms with van der Waals surface area (Å²) in [6.07, 6.45) is -2.38. The quantitative estimate of drug-likeness (QED) is 0.468. The monoisotopic (exact) mass is 246 g/mol. The van der Waals surface area contributed by atoms with Gasteiger partial charge in [0.1, 0.15) is 11.8 Å². The molecule has 0 fully saturated rings. The van der Waals surface area contributed by atoms with E-state index in [-0.39, 0.29) is 23.0 Å². The first-order valence-corrected chi connectivity index (χ1v) is 5.05. The first-order chi connectivity index (χ1) is 7.47. The Kier molecular flexibility index (Phi) is 4.17. The van der Waals surface area contributed by atoms with E-state index in [1.54, 1.807) is 0 Å². The maximum Gasteiger partial charge on any atom is 0.290 e. The lowest BCUT2D eigenvalue weighted by atomic mass is 10.1. The lowest BCUT2D eigenvalue weighted by Crippen LogP contribution is -2.21. The molecule has 0 amide bonds. The van der Waals surface area contributed by atoms with Gasteiger partial charge in [0.2, 0.25) is 0 Å². The van der Waals surface area contributed by atoms with Crippen molar-refractivity contribution in [2.75, 3.05) is 5.88 Å². The normalized spacial score (nSPS) is 14.5. The van der Waals surface area contributed by atoms with Crippen LogP contribution in [0.1, 0.15) is 17.5 Å². The molecular weight excluding hydrogens is 236 g/mol. The summed E-state index contributed by atoms with van der Waals surface area (Å²) in [7, 11) is 0. The number of nitro groups is 1. The Hall–Kier alpha value is -1.24. The van der Waals surface area contributed by atoms with Crippen LogP contribution in [0.2, 0.25) is 0 Å². The molecule has 1 aromatic heterocycles. The molecule has 0 aliphatic rings. The van der Waals surface area contributed by atoms with Crippen LogP contribution in [0.3, 0.4) is 0 Å². The number of aliphatic hydroxyl groups is 2. The van der Waals surface area contributed by atoms with E-state index in [1.807, 2.05) is 0 Å². The highest BCUT2D eigenvalue weighted by molar-refractivity contribution is 6.18. The topological polar surface area (TPSA) is 96.5 Å². The van der Waals surface area contributed by atoms with Crippen molar-refractivity contribution in [3.05, 3.63) is 33.6 Å². The molecule has 0 bridgehead atoms. The summed E-state index contributed by atoms with van der Waals surface area (Å²) in [5, 5.41) is 29.4. The van der Waals surface area contributed by atoms with E-state index in [2.05, 4.69) is 4.98 Å². The summed E-state index contributed by atoms with van der Waals surface area (Å²) in [5.74, 6) is -0.140. The van der Waals surface area contributed by atoms with E-state index < -0.39 is 17.1 Å². The summed E-state index contributed by atoms with van der Waals surface area (Å²) in [5.41, 5.74) is 0.218. The lowest BCUT2D eigenvalue weighted by molar-refractivity contribution is -0.385. The number of aliphatic hydroxyl groups excluding tert-OH is 2. The standard InChI is InChI=1S/C9H11ClN2O4/c1-5-7(12(15)16)3-2-6(11-5)9(14)8(13)4-10/h2-3,8-9,13-14H,4H2,1H3. The SMILES string of the molecule is Cc1nc(C(O)C(O)CCl)ccc1[N+](=O)[O-]. The fraction of sp³-hybridized carbons (Fsp3) is 0.444. The van der Waals surface area contributed by atoms with E-state index in [4.69, 9.17) is 11.6 Å². The summed E-state index contributed by atoms with van der Waals surface area (Å²) in [6.45, 7) is 1.46. The summed E-state index contributed by atoms with van der Waals surface area (Å²) in [4.78, 5) is 13.8. The third-order valence-electron chi connectivity index (χ3n) is 2.10. The van der Waals surface area contributed by atoms with Crippen molar-refractivity contribution in [2.24, 2.45) is 0 Å². The van der Waals surface area contributed by atoms with Crippen LogP contribution in [0.25, 0.3) is 0 Å². The first kappa shape index (κ1) is 12.8. The molecular formula is C9H11ClN2O4. The van der Waals surface area contributed by atoms with Crippen LogP contribution in [0.15, 0.2) is 12.1 Å². The highest BCUT2D eigenvalue weighted by Crippen LogP contribution is 2.21. The zero-order valence-corrected chi connectivity index (χ0v) is 9.26. The highest BCUT2D eigenvalue weighted by atomic mass is 35.5. The van der Waals surface area contributed by atoms with Gasteiger partial charge in [0.05, 0.1) is 22.6 Å². The summed E-state index contributed by atoms with van der Waals surface area (Å²) in [6, 6.07) is 2.54. The van der Waals surface area contributed by atoms with E-state index in [9.17, 15) is 20.3 Å². The molecule has 0 spiro atoms. The van der Waals surface area contributed by atoms with Gasteiger partial charge in [0.25, 0.3) is 5.69 Å². The molecule has 6 nitrogen and oxygen atoms in total. The van der Waals surface area contributed by atoms with Gasteiger partial charge in [0.15, 0.2) is 0 Å². The van der Waals surface area contributed by atoms with E-state index in [0.29, 0.717) is 0 Å². The number of aryl methyl sites for hydroxylation is 1. The number of nitrogens with zero attached hydrogens (tertiary/aromatic N) is 2. The number of hydrogen-bond donors (Lipinski definition) is 2. The van der Waals surface area contributed by atoms with Crippen molar-refractivity contribution in [2.45, 2.75) is 19.1 Å². The fourth-order valence-electron chi connectivity index (χ4n) is 1.21. The van der Waals surface area contributed by atoms with Gasteiger partial charge >= 0.3 is 0 Å². The smallest absolute Gasteiger partial charge is 0.290 e. The predicted octanol–water partition coefficient (Wildman–Crippen LogP) is 0.931. The molecule has 88 valence electrons. The molecule has 0 radical (unpaired) electrons. The molecule has 0 saturated carbocycles. The zero-order chi connectivity index (χ0) is 12.3. The van der Waals surface area contributed by atoms with Gasteiger partial charge in [0, 0.05) is 6.07 Å². The molecule has 0 aromatic carbocycles. The molecule has 0 saturated heterocycles. The lowest BCUT2D eigenvalue weighted by Gasteiger charge is -2.14. The Morgan fingerprint density at radius 3 is 2.62 bits per heavy atom. The molecule has 1 aromatic rings. The van der Waals surface area contributed by atoms with Gasteiger partial charge in [-0.25, -0.2) is 4.98 Å². The van der Waals surface area contributed by atoms with E-state index in [1.165, 1.54) is 19.1 Å². The minimum Gasteiger partial charge on any atom is -0.389 e. The molecule has 16 heavy (non-hydrogen) atoms. The third-order valence-corrected chi connectivity index (χ3v) is 2.42. The fourth-order valence-corrected chi connectivity index (χ4v) is 1.38. The largest absolute Gasteiger partial charge is 0.389 e. The molecule has 2 unspecified atom stereocenters. The Labute approximate surface area is 96.7 Å². The minimum absolute atomic E-state index is 0.128. The van der Waals surface area contributed by atoms with Crippen LogP contribution in [-0.2, 0) is 0 Å². The van der Waals surface area contributed by atoms with Gasteiger partial charge < -0.3 is 10.2 Å². The molecule has 7 heteroatoms. The van der Waals surface area contributed by atoms with Gasteiger partial charge in [-0.05, 0) is 13.0 Å². The van der Waals surface area contributed by atoms with E-state index >= 15 is 0 Å². The second-order valence-corrected chi connectivity index (χ2v) is 3.57. The van der Waals surface area contributed by atoms with Crippen LogP contribution in [0, 0.1) is 17.0 Å². The average molecular weight is 247 g/mol. The van der Waals surface area contributed by atoms with Crippen LogP contribution in [-0.4, -0.2) is 32.1 Å². The van der Waals surface area contributed by atoms with Gasteiger partial charge in [-0.3, -0.25) is 10.1 Å². The molecule has 1 rings (SSSR count). The van der Waals surface area contributed by atoms with Crippen LogP contribution >= 0.6 is 11.6 Å². The predicted molar refractivity (Wildman–Crippen MR) is 57.3 cm³/mol. The Morgan fingerprint density at radius 1 is 1.56 bits per heavy atom. The van der Waals surface area contributed by atoms with Crippen LogP contribution in [0.5, 0.6) is 0 Å². The van der Waals surface area contributed by atoms with Gasteiger partial charge in [-0.2, -0.15) is 0 Å². The molecule has 1 heterocycles. The molecule has 2 N–H and O–H groups in total. The Bertz CT molecular complexity index is 399. The average Bonchev–Trinajstić information content (AvgIpc) is 2.26. The van der Waals surface area contributed by atoms with Crippen molar-refractivity contribution in [1.82, 2.24) is 4.98 Å². The molecule has 2 atom stereocenters. The summed E-state index contributed by atoms with van der Waals surface area (Å²) < 4.78 is 0. The second kappa shape index (κ2) is 5.20. The van der Waals surface area contributed by atoms with Crippen LogP contribution in [0.4, 0.5) is 5.69 Å². The minimum atomic E-state index is -1.24. The number of halogens is 1. The van der Waals surface area contributed by atoms with Crippen molar-refractivity contribution < 1.29 is 15.1 Å². The van der Waals surface area contributed by atoms with Gasteiger partial charge in [-0.15, -0.1) is 11.6 Å². The third kappa shape index (κ3) is 2.66. The second-order valence-electron chi connectivity index (χ2n) is 3.26. The van der Waals surface area contributed by atoms with Crippen molar-refractivity contribution >= 4 is 17.3 Å². The molecule has 0 aliphatic heterocycles. The number of hydrogen-bond acceptors (Lipinski definition) is 5. The van der Waals surface area contributed by atoms with E-state index in [0.717, 1.165) is 0 Å². The first-order valence-electron chi connectivity index (χ1n) is 4.51. The Morgan fingerprint density at radius 2 is 2.19 bits per heavy atom. The number of rotatable bonds is 4. The highest BCUT2D eigenvalue weighted by Gasteiger charge is 2.21. The van der Waals surface area contributed by atoms with Crippen molar-refractivity contribution in [3.63, 3.8) is 0 Å². The van der Waals surface area contributed by atoms with Crippen molar-refractivity contribution in [1.29, 1.82) is 0 Å². The maximum atomic E-state index is 10.5. The van der Waals surface area contributed by atoms with Gasteiger partial charge in [-0.1, -0.05) is 0 Å². The Balaban J connectivity index is 3.01. The summed E-state index contributed by atoms with van der Waals surface area (Å²) >= 11 is 5.37. The molecule has 0 aliphatic carbocycles. The van der Waals surface area contributed by atoms with Crippen molar-refractivity contribution in [3.8, 4) is 0 Å². The maximum absolute atomic E-state index is 10.5. The zero-order valence-electron chi connectivity index (χ0n) is 8.50.